The second-order valence-electron chi connectivity index (χ2n) is 4.60. The summed E-state index contributed by atoms with van der Waals surface area (Å²) < 4.78 is 7.55. The molecule has 0 saturated carbocycles. The summed E-state index contributed by atoms with van der Waals surface area (Å²) >= 11 is 1.64. The van der Waals surface area contributed by atoms with E-state index in [2.05, 4.69) is 22.2 Å². The Balaban J connectivity index is 1.89. The van der Waals surface area contributed by atoms with Crippen molar-refractivity contribution in [2.24, 2.45) is 7.05 Å². The Morgan fingerprint density at radius 1 is 1.35 bits per heavy atom. The van der Waals surface area contributed by atoms with E-state index in [9.17, 15) is 0 Å². The highest BCUT2D eigenvalue weighted by atomic mass is 32.1. The topological polar surface area (TPSA) is 55.9 Å². The quantitative estimate of drug-likeness (QED) is 0.784. The van der Waals surface area contributed by atoms with Gasteiger partial charge in [0.15, 0.2) is 0 Å². The van der Waals surface area contributed by atoms with Crippen molar-refractivity contribution in [2.75, 3.05) is 0 Å². The van der Waals surface area contributed by atoms with Crippen LogP contribution < -0.4 is 5.32 Å². The molecule has 0 aliphatic heterocycles. The number of aromatic nitrogens is 3. The molecule has 0 spiro atoms. The zero-order chi connectivity index (χ0) is 13.9. The first-order chi connectivity index (χ1) is 9.75. The molecule has 0 fully saturated rings. The Hall–Kier alpha value is -1.92. The molecule has 104 valence electrons. The van der Waals surface area contributed by atoms with Crippen LogP contribution in [0.3, 0.4) is 0 Å². The minimum Gasteiger partial charge on any atom is -0.467 e. The molecule has 0 bridgehead atoms. The molecule has 3 aromatic heterocycles. The molecule has 20 heavy (non-hydrogen) atoms. The fourth-order valence-corrected chi connectivity index (χ4v) is 2.82. The lowest BCUT2D eigenvalue weighted by atomic mass is 10.2. The molecular weight excluding hydrogens is 272 g/mol. The van der Waals surface area contributed by atoms with Gasteiger partial charge in [-0.15, -0.1) is 11.3 Å². The largest absolute Gasteiger partial charge is 0.467 e. The monoisotopic (exact) mass is 288 g/mol. The van der Waals surface area contributed by atoms with Gasteiger partial charge in [-0.3, -0.25) is 5.32 Å². The van der Waals surface area contributed by atoms with Gasteiger partial charge in [-0.1, -0.05) is 0 Å². The minimum absolute atomic E-state index is 0.0936. The maximum absolute atomic E-state index is 5.56. The van der Waals surface area contributed by atoms with Crippen molar-refractivity contribution < 1.29 is 4.42 Å². The molecule has 6 heteroatoms. The fraction of sp³-hybridized carbons (Fsp3) is 0.286. The van der Waals surface area contributed by atoms with Gasteiger partial charge in [0.1, 0.15) is 22.6 Å². The number of rotatable bonds is 5. The summed E-state index contributed by atoms with van der Waals surface area (Å²) in [5.41, 5.74) is 0. The summed E-state index contributed by atoms with van der Waals surface area (Å²) in [6.45, 7) is 2.09. The van der Waals surface area contributed by atoms with Crippen molar-refractivity contribution >= 4 is 11.3 Å². The Labute approximate surface area is 121 Å². The fourth-order valence-electron chi connectivity index (χ4n) is 2.16. The number of nitrogens with zero attached hydrogens (tertiary/aromatic N) is 3. The van der Waals surface area contributed by atoms with Gasteiger partial charge in [-0.05, 0) is 19.1 Å². The molecule has 3 aromatic rings. The van der Waals surface area contributed by atoms with E-state index in [0.29, 0.717) is 0 Å². The molecule has 0 amide bonds. The molecule has 3 heterocycles. The van der Waals surface area contributed by atoms with E-state index in [1.807, 2.05) is 41.5 Å². The predicted molar refractivity (Wildman–Crippen MR) is 77.4 cm³/mol. The van der Waals surface area contributed by atoms with Crippen molar-refractivity contribution in [1.82, 2.24) is 19.9 Å². The normalized spacial score (nSPS) is 14.3. The summed E-state index contributed by atoms with van der Waals surface area (Å²) in [5.74, 6) is 1.77. The third kappa shape index (κ3) is 2.52. The number of imidazole rings is 1. The Morgan fingerprint density at radius 2 is 2.25 bits per heavy atom. The lowest BCUT2D eigenvalue weighted by Gasteiger charge is -2.20. The third-order valence-corrected chi connectivity index (χ3v) is 4.14. The highest BCUT2D eigenvalue weighted by molar-refractivity contribution is 7.09. The maximum Gasteiger partial charge on any atom is 0.133 e. The molecule has 0 aliphatic rings. The molecule has 0 radical (unpaired) electrons. The number of thiazole rings is 1. The van der Waals surface area contributed by atoms with Gasteiger partial charge in [0.2, 0.25) is 0 Å². The highest BCUT2D eigenvalue weighted by Gasteiger charge is 2.23. The zero-order valence-corrected chi connectivity index (χ0v) is 12.2. The predicted octanol–water partition coefficient (Wildman–Crippen LogP) is 2.91. The van der Waals surface area contributed by atoms with Gasteiger partial charge in [0.05, 0.1) is 12.3 Å². The Bertz CT molecular complexity index is 645. The van der Waals surface area contributed by atoms with E-state index in [4.69, 9.17) is 4.42 Å². The summed E-state index contributed by atoms with van der Waals surface area (Å²) in [5, 5.41) is 6.57. The van der Waals surface area contributed by atoms with E-state index in [-0.39, 0.29) is 12.1 Å². The van der Waals surface area contributed by atoms with Gasteiger partial charge in [0.25, 0.3) is 0 Å². The molecule has 0 aliphatic carbocycles. The van der Waals surface area contributed by atoms with Crippen molar-refractivity contribution in [1.29, 1.82) is 0 Å². The summed E-state index contributed by atoms with van der Waals surface area (Å²) in [7, 11) is 1.98. The lowest BCUT2D eigenvalue weighted by molar-refractivity contribution is 0.402. The molecule has 1 N–H and O–H groups in total. The number of hydrogen-bond donors (Lipinski definition) is 1. The maximum atomic E-state index is 5.56. The van der Waals surface area contributed by atoms with Crippen LogP contribution in [0.5, 0.6) is 0 Å². The van der Waals surface area contributed by atoms with Crippen molar-refractivity contribution in [2.45, 2.75) is 19.0 Å². The summed E-state index contributed by atoms with van der Waals surface area (Å²) in [4.78, 5) is 8.78. The summed E-state index contributed by atoms with van der Waals surface area (Å²) in [6, 6.07) is 3.88. The molecule has 5 nitrogen and oxygen atoms in total. The van der Waals surface area contributed by atoms with Crippen LogP contribution in [0.15, 0.2) is 46.8 Å². The van der Waals surface area contributed by atoms with Crippen LogP contribution in [0.4, 0.5) is 0 Å². The molecule has 0 saturated heterocycles. The molecule has 3 rings (SSSR count). The van der Waals surface area contributed by atoms with Crippen LogP contribution in [0.2, 0.25) is 0 Å². The number of nitrogens with one attached hydrogen (secondary N) is 1. The van der Waals surface area contributed by atoms with Crippen molar-refractivity contribution in [3.05, 3.63) is 59.0 Å². The second kappa shape index (κ2) is 5.60. The Kier molecular flexibility index (Phi) is 3.66. The van der Waals surface area contributed by atoms with E-state index in [1.54, 1.807) is 23.8 Å². The van der Waals surface area contributed by atoms with Gasteiger partial charge in [-0.25, -0.2) is 9.97 Å². The molecule has 2 atom stereocenters. The van der Waals surface area contributed by atoms with Crippen LogP contribution in [-0.4, -0.2) is 14.5 Å². The number of hydrogen-bond acceptors (Lipinski definition) is 5. The first-order valence-corrected chi connectivity index (χ1v) is 7.29. The van der Waals surface area contributed by atoms with Gasteiger partial charge in [-0.2, -0.15) is 0 Å². The molecule has 0 aromatic carbocycles. The van der Waals surface area contributed by atoms with E-state index in [0.717, 1.165) is 16.6 Å². The average molecular weight is 288 g/mol. The first-order valence-electron chi connectivity index (χ1n) is 6.42. The Morgan fingerprint density at radius 3 is 2.85 bits per heavy atom. The van der Waals surface area contributed by atoms with E-state index >= 15 is 0 Å². The van der Waals surface area contributed by atoms with Crippen LogP contribution in [0.25, 0.3) is 0 Å². The van der Waals surface area contributed by atoms with E-state index < -0.39 is 0 Å². The minimum atomic E-state index is -0.0936. The number of aryl methyl sites for hydroxylation is 1. The van der Waals surface area contributed by atoms with Crippen molar-refractivity contribution in [3.8, 4) is 0 Å². The average Bonchev–Trinajstić information content (AvgIpc) is 3.18. The SMILES string of the molecule is CC(NC(c1ccco1)c1nccn1C)c1nccs1. The highest BCUT2D eigenvalue weighted by Crippen LogP contribution is 2.25. The van der Waals surface area contributed by atoms with Gasteiger partial charge >= 0.3 is 0 Å². The standard InChI is InChI=1S/C14H16N4OS/c1-10(14-16-6-9-20-14)17-12(11-4-3-8-19-11)13-15-5-7-18(13)2/h3-10,12,17H,1-2H3. The molecular formula is C14H16N4OS. The summed E-state index contributed by atoms with van der Waals surface area (Å²) in [6.07, 6.45) is 7.23. The van der Waals surface area contributed by atoms with Gasteiger partial charge in [0, 0.05) is 31.0 Å². The van der Waals surface area contributed by atoms with Crippen LogP contribution in [0.1, 0.15) is 35.6 Å². The smallest absolute Gasteiger partial charge is 0.133 e. The molecule has 2 unspecified atom stereocenters. The lowest BCUT2D eigenvalue weighted by Crippen LogP contribution is -2.27. The van der Waals surface area contributed by atoms with Crippen molar-refractivity contribution in [3.63, 3.8) is 0 Å². The van der Waals surface area contributed by atoms with Crippen LogP contribution in [-0.2, 0) is 7.05 Å². The number of furan rings is 1. The first kappa shape index (κ1) is 13.1. The second-order valence-corrected chi connectivity index (χ2v) is 5.53. The zero-order valence-electron chi connectivity index (χ0n) is 11.4. The van der Waals surface area contributed by atoms with Gasteiger partial charge < -0.3 is 8.98 Å². The van der Waals surface area contributed by atoms with E-state index in [1.165, 1.54) is 0 Å². The van der Waals surface area contributed by atoms with Crippen LogP contribution >= 0.6 is 11.3 Å². The van der Waals surface area contributed by atoms with Crippen LogP contribution in [0, 0.1) is 0 Å². The third-order valence-electron chi connectivity index (χ3n) is 3.18.